The molecule has 0 radical (unpaired) electrons. The van der Waals surface area contributed by atoms with Crippen LogP contribution in [-0.2, 0) is 4.74 Å². The molecule has 2 aromatic heterocycles. The normalized spacial score (nSPS) is 19.8. The van der Waals surface area contributed by atoms with Crippen molar-refractivity contribution < 1.29 is 9.53 Å². The summed E-state index contributed by atoms with van der Waals surface area (Å²) in [5, 5.41) is 3.36. The van der Waals surface area contributed by atoms with Crippen LogP contribution in [0, 0.1) is 0 Å². The molecular formula is C16H19N5O2. The van der Waals surface area contributed by atoms with E-state index >= 15 is 0 Å². The average Bonchev–Trinajstić information content (AvgIpc) is 3.23. The van der Waals surface area contributed by atoms with Crippen molar-refractivity contribution in [3.8, 4) is 5.69 Å². The number of ether oxygens (including phenoxy) is 1. The summed E-state index contributed by atoms with van der Waals surface area (Å²) >= 11 is 0. The molecule has 1 saturated carbocycles. The number of carbonyl (C=O) groups excluding carboxylic acids is 1. The summed E-state index contributed by atoms with van der Waals surface area (Å²) in [7, 11) is 0. The largest absolute Gasteiger partial charge is 0.458 e. The first-order chi connectivity index (χ1) is 11.3. The van der Waals surface area contributed by atoms with E-state index in [2.05, 4.69) is 27.2 Å². The lowest BCUT2D eigenvalue weighted by atomic mass is 10.1. The summed E-state index contributed by atoms with van der Waals surface area (Å²) in [4.78, 5) is 25.2. The zero-order valence-electron chi connectivity index (χ0n) is 13.0. The maximum Gasteiger partial charge on any atom is 0.359 e. The predicted octanol–water partition coefficient (Wildman–Crippen LogP) is 2.64. The van der Waals surface area contributed by atoms with E-state index in [4.69, 9.17) is 4.74 Å². The van der Waals surface area contributed by atoms with Crippen molar-refractivity contribution in [3.63, 3.8) is 0 Å². The Labute approximate surface area is 134 Å². The van der Waals surface area contributed by atoms with E-state index < -0.39 is 0 Å². The summed E-state index contributed by atoms with van der Waals surface area (Å²) < 4.78 is 7.52. The molecule has 4 rings (SSSR count). The first-order valence-electron chi connectivity index (χ1n) is 8.13. The minimum absolute atomic E-state index is 0.0222. The van der Waals surface area contributed by atoms with Gasteiger partial charge in [0.15, 0.2) is 11.5 Å². The third kappa shape index (κ3) is 2.36. The highest BCUT2D eigenvalue weighted by molar-refractivity contribution is 5.89. The number of hydrogen-bond acceptors (Lipinski definition) is 6. The fourth-order valence-corrected chi connectivity index (χ4v) is 3.39. The monoisotopic (exact) mass is 313 g/mol. The molecule has 23 heavy (non-hydrogen) atoms. The SMILES string of the molecule is CCC1Nc2ncncc2-n2cnc(C(=O)OC3CCCC3)c21. The van der Waals surface area contributed by atoms with Crippen molar-refractivity contribution in [2.75, 3.05) is 5.32 Å². The molecule has 7 heteroatoms. The summed E-state index contributed by atoms with van der Waals surface area (Å²) in [5.41, 5.74) is 2.03. The number of nitrogens with zero attached hydrogens (tertiary/aromatic N) is 4. The number of esters is 1. The van der Waals surface area contributed by atoms with Crippen molar-refractivity contribution in [2.45, 2.75) is 51.2 Å². The molecule has 0 saturated heterocycles. The smallest absolute Gasteiger partial charge is 0.359 e. The van der Waals surface area contributed by atoms with Gasteiger partial charge in [-0.2, -0.15) is 0 Å². The summed E-state index contributed by atoms with van der Waals surface area (Å²) in [5.74, 6) is 0.429. The van der Waals surface area contributed by atoms with Gasteiger partial charge in [0, 0.05) is 0 Å². The first-order valence-corrected chi connectivity index (χ1v) is 8.13. The Morgan fingerprint density at radius 2 is 2.22 bits per heavy atom. The average molecular weight is 313 g/mol. The van der Waals surface area contributed by atoms with E-state index in [0.717, 1.165) is 49.3 Å². The number of aromatic nitrogens is 4. The predicted molar refractivity (Wildman–Crippen MR) is 83.5 cm³/mol. The van der Waals surface area contributed by atoms with Gasteiger partial charge in [-0.1, -0.05) is 6.92 Å². The van der Waals surface area contributed by atoms with Crippen LogP contribution < -0.4 is 5.32 Å². The summed E-state index contributed by atoms with van der Waals surface area (Å²) in [6.07, 6.45) is 9.90. The zero-order valence-corrected chi connectivity index (χ0v) is 13.0. The second-order valence-electron chi connectivity index (χ2n) is 6.02. The molecule has 0 amide bonds. The second-order valence-corrected chi connectivity index (χ2v) is 6.02. The van der Waals surface area contributed by atoms with Crippen LogP contribution in [0.5, 0.6) is 0 Å². The van der Waals surface area contributed by atoms with Crippen molar-refractivity contribution in [1.82, 2.24) is 19.5 Å². The molecule has 2 aromatic rings. The molecule has 120 valence electrons. The maximum absolute atomic E-state index is 12.6. The van der Waals surface area contributed by atoms with Gasteiger partial charge < -0.3 is 10.1 Å². The molecule has 1 aliphatic heterocycles. The van der Waals surface area contributed by atoms with Gasteiger partial charge in [0.05, 0.1) is 17.9 Å². The van der Waals surface area contributed by atoms with Gasteiger partial charge in [0.2, 0.25) is 0 Å². The van der Waals surface area contributed by atoms with Crippen LogP contribution in [0.1, 0.15) is 61.3 Å². The van der Waals surface area contributed by atoms with Gasteiger partial charge in [0.25, 0.3) is 0 Å². The van der Waals surface area contributed by atoms with Crippen LogP contribution in [0.25, 0.3) is 5.69 Å². The van der Waals surface area contributed by atoms with E-state index in [9.17, 15) is 4.79 Å². The highest BCUT2D eigenvalue weighted by atomic mass is 16.5. The molecule has 2 aliphatic rings. The van der Waals surface area contributed by atoms with Crippen molar-refractivity contribution >= 4 is 11.8 Å². The van der Waals surface area contributed by atoms with E-state index in [0.29, 0.717) is 5.69 Å². The van der Waals surface area contributed by atoms with Crippen molar-refractivity contribution in [3.05, 3.63) is 30.2 Å². The van der Waals surface area contributed by atoms with E-state index in [1.807, 2.05) is 4.57 Å². The van der Waals surface area contributed by atoms with Gasteiger partial charge in [0.1, 0.15) is 24.4 Å². The second kappa shape index (κ2) is 5.64. The molecular weight excluding hydrogens is 294 g/mol. The molecule has 1 N–H and O–H groups in total. The first kappa shape index (κ1) is 14.2. The number of anilines is 1. The van der Waals surface area contributed by atoms with Crippen LogP contribution in [0.4, 0.5) is 5.82 Å². The maximum atomic E-state index is 12.6. The molecule has 3 heterocycles. The molecule has 1 fully saturated rings. The Kier molecular flexibility index (Phi) is 3.48. The molecule has 0 spiro atoms. The quantitative estimate of drug-likeness (QED) is 0.877. The number of rotatable bonds is 3. The Morgan fingerprint density at radius 1 is 1.39 bits per heavy atom. The number of carbonyl (C=O) groups is 1. The van der Waals surface area contributed by atoms with Crippen LogP contribution in [-0.4, -0.2) is 31.6 Å². The molecule has 0 aromatic carbocycles. The van der Waals surface area contributed by atoms with E-state index in [-0.39, 0.29) is 18.1 Å². The topological polar surface area (TPSA) is 81.9 Å². The molecule has 1 aliphatic carbocycles. The van der Waals surface area contributed by atoms with E-state index in [1.165, 1.54) is 6.33 Å². The molecule has 1 unspecified atom stereocenters. The molecule has 1 atom stereocenters. The lowest BCUT2D eigenvalue weighted by molar-refractivity contribution is 0.0309. The Bertz CT molecular complexity index is 736. The fraction of sp³-hybridized carbons (Fsp3) is 0.500. The third-order valence-electron chi connectivity index (χ3n) is 4.58. The number of nitrogens with one attached hydrogen (secondary N) is 1. The summed E-state index contributed by atoms with van der Waals surface area (Å²) in [6.45, 7) is 2.06. The minimum atomic E-state index is -0.328. The van der Waals surface area contributed by atoms with Crippen LogP contribution >= 0.6 is 0 Å². The van der Waals surface area contributed by atoms with Gasteiger partial charge >= 0.3 is 5.97 Å². The van der Waals surface area contributed by atoms with Gasteiger partial charge in [-0.25, -0.2) is 19.7 Å². The third-order valence-corrected chi connectivity index (χ3v) is 4.58. The standard InChI is InChI=1S/C16H19N5O2/c1-2-11-14-13(16(22)23-10-5-3-4-6-10)19-9-21(14)12-7-17-8-18-15(12)20-11/h7-11H,2-6H2,1H3,(H,17,18,20). The Morgan fingerprint density at radius 3 is 3.00 bits per heavy atom. The highest BCUT2D eigenvalue weighted by Crippen LogP contribution is 2.35. The minimum Gasteiger partial charge on any atom is -0.458 e. The molecule has 7 nitrogen and oxygen atoms in total. The number of imidazole rings is 1. The highest BCUT2D eigenvalue weighted by Gasteiger charge is 2.32. The van der Waals surface area contributed by atoms with Gasteiger partial charge in [-0.3, -0.25) is 4.57 Å². The van der Waals surface area contributed by atoms with E-state index in [1.54, 1.807) is 12.5 Å². The lowest BCUT2D eigenvalue weighted by Gasteiger charge is -2.27. The van der Waals surface area contributed by atoms with Crippen LogP contribution in [0.15, 0.2) is 18.9 Å². The van der Waals surface area contributed by atoms with Crippen LogP contribution in [0.3, 0.4) is 0 Å². The number of hydrogen-bond donors (Lipinski definition) is 1. The Balaban J connectivity index is 1.71. The zero-order chi connectivity index (χ0) is 15.8. The molecule has 0 bridgehead atoms. The van der Waals surface area contributed by atoms with Crippen molar-refractivity contribution in [1.29, 1.82) is 0 Å². The summed E-state index contributed by atoms with van der Waals surface area (Å²) in [6, 6.07) is -0.0222. The van der Waals surface area contributed by atoms with Gasteiger partial charge in [-0.05, 0) is 32.1 Å². The number of fused-ring (bicyclic) bond motifs is 3. The lowest BCUT2D eigenvalue weighted by Crippen LogP contribution is -2.25. The van der Waals surface area contributed by atoms with Crippen LogP contribution in [0.2, 0.25) is 0 Å². The fourth-order valence-electron chi connectivity index (χ4n) is 3.39. The van der Waals surface area contributed by atoms with Crippen molar-refractivity contribution in [2.24, 2.45) is 0 Å². The Hall–Kier alpha value is -2.44. The van der Waals surface area contributed by atoms with Gasteiger partial charge in [-0.15, -0.1) is 0 Å².